The van der Waals surface area contributed by atoms with Crippen molar-refractivity contribution in [1.29, 1.82) is 0 Å². The number of rotatable bonds is 2. The second-order valence-corrected chi connectivity index (χ2v) is 4.16. The van der Waals surface area contributed by atoms with E-state index in [1.165, 1.54) is 0 Å². The summed E-state index contributed by atoms with van der Waals surface area (Å²) in [6.45, 7) is 4.75. The highest BCUT2D eigenvalue weighted by Gasteiger charge is 2.05. The van der Waals surface area contributed by atoms with Gasteiger partial charge in [-0.1, -0.05) is 0 Å². The van der Waals surface area contributed by atoms with Crippen LogP contribution >= 0.6 is 15.9 Å². The third kappa shape index (κ3) is 2.74. The molecule has 0 aliphatic rings. The van der Waals surface area contributed by atoms with Crippen molar-refractivity contribution in [3.63, 3.8) is 0 Å². The first-order valence-electron chi connectivity index (χ1n) is 4.15. The molecule has 0 aliphatic carbocycles. The molecule has 1 aromatic heterocycles. The van der Waals surface area contributed by atoms with Gasteiger partial charge in [0.2, 0.25) is 0 Å². The molecule has 0 aliphatic heterocycles. The van der Waals surface area contributed by atoms with Gasteiger partial charge in [0.25, 0.3) is 0 Å². The average Bonchev–Trinajstić information content (AvgIpc) is 1.98. The van der Waals surface area contributed by atoms with E-state index in [9.17, 15) is 0 Å². The van der Waals surface area contributed by atoms with E-state index in [0.717, 1.165) is 28.2 Å². The highest BCUT2D eigenvalue weighted by molar-refractivity contribution is 9.10. The Kier molecular flexibility index (Phi) is 3.39. The lowest BCUT2D eigenvalue weighted by Crippen LogP contribution is -2.14. The smallest absolute Gasteiger partial charge is 0.142 e. The van der Waals surface area contributed by atoms with Crippen LogP contribution in [0.5, 0.6) is 0 Å². The molecule has 0 bridgehead atoms. The second kappa shape index (κ2) is 4.15. The molecule has 0 aromatic carbocycles. The van der Waals surface area contributed by atoms with Gasteiger partial charge in [0.15, 0.2) is 0 Å². The summed E-state index contributed by atoms with van der Waals surface area (Å²) in [7, 11) is 4.02. The molecule has 0 saturated carbocycles. The Hall–Kier alpha value is -0.480. The van der Waals surface area contributed by atoms with E-state index in [0.29, 0.717) is 0 Å². The van der Waals surface area contributed by atoms with Crippen LogP contribution in [0.25, 0.3) is 0 Å². The minimum atomic E-state index is 0.787. The summed E-state index contributed by atoms with van der Waals surface area (Å²) in [6.07, 6.45) is 0. The van der Waals surface area contributed by atoms with Gasteiger partial charge in [-0.3, -0.25) is 0 Å². The van der Waals surface area contributed by atoms with E-state index in [1.54, 1.807) is 0 Å². The van der Waals surface area contributed by atoms with Crippen LogP contribution in [0, 0.1) is 13.8 Å². The fourth-order valence-corrected chi connectivity index (χ4v) is 1.30. The molecule has 0 atom stereocenters. The summed E-state index contributed by atoms with van der Waals surface area (Å²) in [5.41, 5.74) is 2.01. The van der Waals surface area contributed by atoms with Crippen LogP contribution in [0.4, 0.5) is 0 Å². The molecule has 0 spiro atoms. The van der Waals surface area contributed by atoms with E-state index in [2.05, 4.69) is 30.8 Å². The molecule has 3 nitrogen and oxygen atoms in total. The Morgan fingerprint density at radius 2 is 1.62 bits per heavy atom. The minimum absolute atomic E-state index is 0.787. The average molecular weight is 244 g/mol. The van der Waals surface area contributed by atoms with Crippen LogP contribution in [0.15, 0.2) is 4.47 Å². The summed E-state index contributed by atoms with van der Waals surface area (Å²) < 4.78 is 1.01. The number of nitrogens with zero attached hydrogens (tertiary/aromatic N) is 3. The van der Waals surface area contributed by atoms with E-state index in [4.69, 9.17) is 0 Å². The summed E-state index contributed by atoms with van der Waals surface area (Å²) in [6, 6.07) is 0. The molecule has 0 unspecified atom stereocenters. The third-order valence-corrected chi connectivity index (χ3v) is 2.83. The Labute approximate surface area is 87.3 Å². The Morgan fingerprint density at radius 3 is 2.00 bits per heavy atom. The molecule has 4 heteroatoms. The van der Waals surface area contributed by atoms with E-state index in [1.807, 2.05) is 27.9 Å². The molecular weight excluding hydrogens is 230 g/mol. The lowest BCUT2D eigenvalue weighted by molar-refractivity contribution is 0.389. The number of hydrogen-bond acceptors (Lipinski definition) is 3. The van der Waals surface area contributed by atoms with Gasteiger partial charge in [0, 0.05) is 0 Å². The Balaban J connectivity index is 2.99. The van der Waals surface area contributed by atoms with Gasteiger partial charge in [-0.05, 0) is 43.9 Å². The zero-order valence-electron chi connectivity index (χ0n) is 8.43. The predicted molar refractivity (Wildman–Crippen MR) is 56.6 cm³/mol. The zero-order valence-corrected chi connectivity index (χ0v) is 10.0. The summed E-state index contributed by atoms with van der Waals surface area (Å²) in [5.74, 6) is 0.878. The van der Waals surface area contributed by atoms with E-state index in [-0.39, 0.29) is 0 Å². The second-order valence-electron chi connectivity index (χ2n) is 3.36. The molecule has 0 radical (unpaired) electrons. The van der Waals surface area contributed by atoms with Crippen LogP contribution in [-0.4, -0.2) is 29.0 Å². The monoisotopic (exact) mass is 243 g/mol. The molecular formula is C9H14BrN3. The van der Waals surface area contributed by atoms with Crippen molar-refractivity contribution in [3.05, 3.63) is 21.7 Å². The van der Waals surface area contributed by atoms with E-state index < -0.39 is 0 Å². The maximum absolute atomic E-state index is 4.37. The Morgan fingerprint density at radius 1 is 1.15 bits per heavy atom. The lowest BCUT2D eigenvalue weighted by Gasteiger charge is -2.10. The summed E-state index contributed by atoms with van der Waals surface area (Å²) >= 11 is 3.44. The molecule has 0 amide bonds. The SMILES string of the molecule is Cc1nc(CN(C)C)nc(C)c1Br. The predicted octanol–water partition coefficient (Wildman–Crippen LogP) is 1.92. The molecule has 1 aromatic rings. The van der Waals surface area contributed by atoms with Crippen LogP contribution in [0.1, 0.15) is 17.2 Å². The van der Waals surface area contributed by atoms with Gasteiger partial charge in [0.1, 0.15) is 5.82 Å². The number of aromatic nitrogens is 2. The van der Waals surface area contributed by atoms with Crippen molar-refractivity contribution in [3.8, 4) is 0 Å². The fourth-order valence-electron chi connectivity index (χ4n) is 1.13. The van der Waals surface area contributed by atoms with Crippen molar-refractivity contribution in [2.24, 2.45) is 0 Å². The molecule has 13 heavy (non-hydrogen) atoms. The van der Waals surface area contributed by atoms with Crippen molar-refractivity contribution in [1.82, 2.24) is 14.9 Å². The van der Waals surface area contributed by atoms with Gasteiger partial charge in [-0.15, -0.1) is 0 Å². The van der Waals surface area contributed by atoms with Crippen LogP contribution in [0.2, 0.25) is 0 Å². The standard InChI is InChI=1S/C9H14BrN3/c1-6-9(10)7(2)12-8(11-6)5-13(3)4/h5H2,1-4H3. The number of hydrogen-bond donors (Lipinski definition) is 0. The van der Waals surface area contributed by atoms with Gasteiger partial charge in [-0.2, -0.15) is 0 Å². The highest BCUT2D eigenvalue weighted by atomic mass is 79.9. The molecule has 0 saturated heterocycles. The molecule has 1 heterocycles. The molecule has 0 N–H and O–H groups in total. The van der Waals surface area contributed by atoms with Crippen molar-refractivity contribution >= 4 is 15.9 Å². The van der Waals surface area contributed by atoms with Crippen molar-refractivity contribution in [2.45, 2.75) is 20.4 Å². The zero-order chi connectivity index (χ0) is 10.0. The molecule has 1 rings (SSSR count). The third-order valence-electron chi connectivity index (χ3n) is 1.69. The maximum atomic E-state index is 4.37. The maximum Gasteiger partial charge on any atom is 0.142 e. The minimum Gasteiger partial charge on any atom is -0.302 e. The van der Waals surface area contributed by atoms with Crippen molar-refractivity contribution < 1.29 is 0 Å². The van der Waals surface area contributed by atoms with Crippen LogP contribution in [-0.2, 0) is 6.54 Å². The van der Waals surface area contributed by atoms with Crippen molar-refractivity contribution in [2.75, 3.05) is 14.1 Å². The fraction of sp³-hybridized carbons (Fsp3) is 0.556. The van der Waals surface area contributed by atoms with E-state index >= 15 is 0 Å². The van der Waals surface area contributed by atoms with Gasteiger partial charge in [-0.25, -0.2) is 9.97 Å². The lowest BCUT2D eigenvalue weighted by atomic mass is 10.3. The Bertz CT molecular complexity index is 287. The van der Waals surface area contributed by atoms with Crippen LogP contribution in [0.3, 0.4) is 0 Å². The first-order valence-corrected chi connectivity index (χ1v) is 4.94. The normalized spacial score (nSPS) is 10.9. The topological polar surface area (TPSA) is 29.0 Å². The molecule has 72 valence electrons. The summed E-state index contributed by atoms with van der Waals surface area (Å²) in [4.78, 5) is 10.8. The van der Waals surface area contributed by atoms with Crippen LogP contribution < -0.4 is 0 Å². The van der Waals surface area contributed by atoms with Gasteiger partial charge in [0.05, 0.1) is 22.4 Å². The first kappa shape index (κ1) is 10.6. The first-order chi connectivity index (χ1) is 6.00. The quantitative estimate of drug-likeness (QED) is 0.795. The molecule has 0 fully saturated rings. The van der Waals surface area contributed by atoms with Gasteiger partial charge >= 0.3 is 0 Å². The summed E-state index contributed by atoms with van der Waals surface area (Å²) in [5, 5.41) is 0. The highest BCUT2D eigenvalue weighted by Crippen LogP contribution is 2.17. The van der Waals surface area contributed by atoms with Gasteiger partial charge < -0.3 is 4.90 Å². The number of halogens is 1. The largest absolute Gasteiger partial charge is 0.302 e. The number of aryl methyl sites for hydroxylation is 2.